The Morgan fingerprint density at radius 3 is 2.82 bits per heavy atom. The fraction of sp³-hybridized carbons (Fsp3) is 0.643. The SMILES string of the molecule is C=[SH]CCCOC(=O)c1nc(Br)cn1COCC[Si](C)(C)C. The number of halogens is 1. The van der Waals surface area contributed by atoms with Crippen LogP contribution >= 0.6 is 27.3 Å². The summed E-state index contributed by atoms with van der Waals surface area (Å²) in [5.41, 5.74) is 0. The van der Waals surface area contributed by atoms with E-state index in [4.69, 9.17) is 9.47 Å². The molecule has 126 valence electrons. The molecule has 1 rings (SSSR count). The maximum absolute atomic E-state index is 12.0. The summed E-state index contributed by atoms with van der Waals surface area (Å²) in [6.07, 6.45) is 2.55. The second-order valence-electron chi connectivity index (χ2n) is 6.14. The van der Waals surface area contributed by atoms with E-state index in [2.05, 4.69) is 46.4 Å². The summed E-state index contributed by atoms with van der Waals surface area (Å²) in [4.78, 5) is 16.2. The van der Waals surface area contributed by atoms with E-state index in [1.54, 1.807) is 10.8 Å². The topological polar surface area (TPSA) is 53.3 Å². The Morgan fingerprint density at radius 1 is 1.45 bits per heavy atom. The Labute approximate surface area is 145 Å². The third kappa shape index (κ3) is 7.71. The van der Waals surface area contributed by atoms with Crippen LogP contribution < -0.4 is 0 Å². The van der Waals surface area contributed by atoms with Crippen LogP contribution in [-0.4, -0.2) is 48.4 Å². The van der Waals surface area contributed by atoms with Gasteiger partial charge in [-0.05, 0) is 34.1 Å². The second kappa shape index (κ2) is 9.64. The smallest absolute Gasteiger partial charge is 0.374 e. The highest BCUT2D eigenvalue weighted by molar-refractivity contribution is 9.10. The van der Waals surface area contributed by atoms with Gasteiger partial charge in [0.05, 0.1) is 6.61 Å². The van der Waals surface area contributed by atoms with Crippen LogP contribution in [0.15, 0.2) is 10.8 Å². The Morgan fingerprint density at radius 2 is 2.18 bits per heavy atom. The van der Waals surface area contributed by atoms with Gasteiger partial charge in [0, 0.05) is 20.9 Å². The van der Waals surface area contributed by atoms with Gasteiger partial charge in [-0.1, -0.05) is 25.5 Å². The number of nitrogens with zero attached hydrogens (tertiary/aromatic N) is 2. The quantitative estimate of drug-likeness (QED) is 0.212. The molecular weight excluding hydrogens is 384 g/mol. The van der Waals surface area contributed by atoms with E-state index in [1.165, 1.54) is 0 Å². The number of aromatic nitrogens is 2. The largest absolute Gasteiger partial charge is 0.460 e. The van der Waals surface area contributed by atoms with Crippen LogP contribution in [0.5, 0.6) is 0 Å². The van der Waals surface area contributed by atoms with Gasteiger partial charge in [0.1, 0.15) is 11.3 Å². The number of hydrogen-bond acceptors (Lipinski definition) is 4. The van der Waals surface area contributed by atoms with Crippen molar-refractivity contribution < 1.29 is 14.3 Å². The fourth-order valence-electron chi connectivity index (χ4n) is 1.59. The lowest BCUT2D eigenvalue weighted by molar-refractivity contribution is 0.0445. The molecule has 1 heterocycles. The number of esters is 1. The third-order valence-corrected chi connectivity index (χ3v) is 5.57. The van der Waals surface area contributed by atoms with Crippen LogP contribution in [-0.2, 0) is 16.2 Å². The van der Waals surface area contributed by atoms with Crippen molar-refractivity contribution in [3.63, 3.8) is 0 Å². The standard InChI is InChI=1S/C14H25BrN2O3SSi/c1-21-8-5-6-20-14(18)13-16-12(15)10-17(13)11-19-7-9-22(2,3)4/h10,21H,1,5-9,11H2,2-4H3. The van der Waals surface area contributed by atoms with Crippen molar-refractivity contribution in [3.8, 4) is 0 Å². The summed E-state index contributed by atoms with van der Waals surface area (Å²) < 4.78 is 13.2. The molecule has 22 heavy (non-hydrogen) atoms. The number of thiol groups is 1. The molecule has 0 radical (unpaired) electrons. The van der Waals surface area contributed by atoms with E-state index in [0.717, 1.165) is 29.6 Å². The van der Waals surface area contributed by atoms with Crippen molar-refractivity contribution in [2.24, 2.45) is 0 Å². The van der Waals surface area contributed by atoms with Crippen molar-refractivity contribution in [1.82, 2.24) is 9.55 Å². The predicted octanol–water partition coefficient (Wildman–Crippen LogP) is 3.40. The number of carbonyl (C=O) groups excluding carboxylic acids is 1. The van der Waals surface area contributed by atoms with Gasteiger partial charge in [-0.15, -0.1) is 0 Å². The van der Waals surface area contributed by atoms with Gasteiger partial charge < -0.3 is 14.0 Å². The van der Waals surface area contributed by atoms with Gasteiger partial charge in [-0.3, -0.25) is 0 Å². The van der Waals surface area contributed by atoms with Crippen molar-refractivity contribution in [2.45, 2.75) is 38.8 Å². The number of imidazole rings is 1. The van der Waals surface area contributed by atoms with Gasteiger partial charge in [-0.2, -0.15) is 0 Å². The third-order valence-electron chi connectivity index (χ3n) is 2.85. The maximum atomic E-state index is 12.0. The monoisotopic (exact) mass is 408 g/mol. The minimum Gasteiger partial charge on any atom is -0.460 e. The zero-order valence-electron chi connectivity index (χ0n) is 13.5. The minimum absolute atomic E-state index is 0.270. The first-order valence-electron chi connectivity index (χ1n) is 7.23. The van der Waals surface area contributed by atoms with E-state index < -0.39 is 14.0 Å². The van der Waals surface area contributed by atoms with E-state index in [9.17, 15) is 4.79 Å². The zero-order valence-corrected chi connectivity index (χ0v) is 17.0. The molecule has 1 aromatic heterocycles. The lowest BCUT2D eigenvalue weighted by atomic mass is 10.5. The molecular formula is C14H25BrN2O3SSi. The number of hydrogen-bond donors (Lipinski definition) is 1. The highest BCUT2D eigenvalue weighted by Gasteiger charge is 2.17. The van der Waals surface area contributed by atoms with Gasteiger partial charge >= 0.3 is 5.97 Å². The number of ether oxygens (including phenoxy) is 2. The lowest BCUT2D eigenvalue weighted by Gasteiger charge is -2.15. The van der Waals surface area contributed by atoms with Crippen LogP contribution in [0.3, 0.4) is 0 Å². The Balaban J connectivity index is 2.50. The summed E-state index contributed by atoms with van der Waals surface area (Å²) in [5, 5.41) is 0. The zero-order chi connectivity index (χ0) is 16.6. The molecule has 0 saturated heterocycles. The summed E-state index contributed by atoms with van der Waals surface area (Å²) in [6.45, 7) is 8.31. The molecule has 0 aliphatic carbocycles. The number of carbonyl (C=O) groups is 1. The first-order chi connectivity index (χ1) is 10.3. The van der Waals surface area contributed by atoms with E-state index in [0.29, 0.717) is 24.5 Å². The highest BCUT2D eigenvalue weighted by atomic mass is 79.9. The average molecular weight is 409 g/mol. The van der Waals surface area contributed by atoms with Crippen molar-refractivity contribution >= 4 is 47.2 Å². The van der Waals surface area contributed by atoms with E-state index >= 15 is 0 Å². The van der Waals surface area contributed by atoms with Crippen molar-refractivity contribution in [2.75, 3.05) is 19.0 Å². The van der Waals surface area contributed by atoms with Crippen LogP contribution in [0, 0.1) is 0 Å². The van der Waals surface area contributed by atoms with Crippen molar-refractivity contribution in [1.29, 1.82) is 0 Å². The van der Waals surface area contributed by atoms with E-state index in [1.807, 2.05) is 0 Å². The number of rotatable bonds is 10. The molecule has 5 nitrogen and oxygen atoms in total. The first kappa shape index (κ1) is 19.6. The normalized spacial score (nSPS) is 11.6. The first-order valence-corrected chi connectivity index (χ1v) is 13.0. The molecule has 8 heteroatoms. The molecule has 0 saturated carbocycles. The molecule has 0 N–H and O–H groups in total. The summed E-state index contributed by atoms with van der Waals surface area (Å²) >= 11 is 4.35. The van der Waals surface area contributed by atoms with Crippen molar-refractivity contribution in [3.05, 3.63) is 16.6 Å². The molecule has 0 fully saturated rings. The van der Waals surface area contributed by atoms with Gasteiger partial charge in [-0.25, -0.2) is 21.1 Å². The van der Waals surface area contributed by atoms with Crippen LogP contribution in [0.1, 0.15) is 17.0 Å². The van der Waals surface area contributed by atoms with Crippen LogP contribution in [0.25, 0.3) is 0 Å². The second-order valence-corrected chi connectivity index (χ2v) is 13.5. The average Bonchev–Trinajstić information content (AvgIpc) is 2.80. The Bertz CT molecular complexity index is 503. The molecule has 0 spiro atoms. The highest BCUT2D eigenvalue weighted by Crippen LogP contribution is 2.13. The Kier molecular flexibility index (Phi) is 8.59. The molecule has 0 aliphatic heterocycles. The van der Waals surface area contributed by atoms with Gasteiger partial charge in [0.25, 0.3) is 0 Å². The summed E-state index contributed by atoms with van der Waals surface area (Å²) in [7, 11) is -1.11. The van der Waals surface area contributed by atoms with E-state index in [-0.39, 0.29) is 5.82 Å². The van der Waals surface area contributed by atoms with Gasteiger partial charge in [0.2, 0.25) is 5.82 Å². The molecule has 0 bridgehead atoms. The molecule has 0 aliphatic rings. The molecule has 1 aromatic rings. The maximum Gasteiger partial charge on any atom is 0.374 e. The molecule has 0 aromatic carbocycles. The summed E-state index contributed by atoms with van der Waals surface area (Å²) in [5.74, 6) is 4.51. The minimum atomic E-state index is -1.11. The lowest BCUT2D eigenvalue weighted by Crippen LogP contribution is -2.22. The van der Waals surface area contributed by atoms with Crippen LogP contribution in [0.2, 0.25) is 25.7 Å². The van der Waals surface area contributed by atoms with Gasteiger partial charge in [0.15, 0.2) is 0 Å². The molecule has 0 unspecified atom stereocenters. The fourth-order valence-corrected chi connectivity index (χ4v) is 3.12. The predicted molar refractivity (Wildman–Crippen MR) is 99.9 cm³/mol. The molecule has 0 atom stereocenters. The Hall–Kier alpha value is -0.443. The van der Waals surface area contributed by atoms with Crippen LogP contribution in [0.4, 0.5) is 0 Å². The summed E-state index contributed by atoms with van der Waals surface area (Å²) in [6, 6.07) is 1.09. The molecule has 0 amide bonds.